The maximum atomic E-state index is 12.4. The number of aromatic nitrogens is 2. The van der Waals surface area contributed by atoms with Gasteiger partial charge in [-0.3, -0.25) is 4.79 Å². The minimum absolute atomic E-state index is 0.253. The molecule has 1 heterocycles. The summed E-state index contributed by atoms with van der Waals surface area (Å²) in [5.74, 6) is 0.261. The average molecular weight is 367 g/mol. The van der Waals surface area contributed by atoms with Crippen LogP contribution >= 0.6 is 11.6 Å². The first kappa shape index (κ1) is 17.9. The molecule has 6 heteroatoms. The van der Waals surface area contributed by atoms with Crippen LogP contribution in [0.3, 0.4) is 0 Å². The zero-order valence-electron chi connectivity index (χ0n) is 14.8. The van der Waals surface area contributed by atoms with Gasteiger partial charge in [-0.1, -0.05) is 29.3 Å². The van der Waals surface area contributed by atoms with E-state index in [1.54, 1.807) is 6.07 Å². The molecular formula is C20H19ClN4O. The zero-order chi connectivity index (χ0) is 18.7. The smallest absolute Gasteiger partial charge is 0.275 e. The van der Waals surface area contributed by atoms with Crippen LogP contribution in [0.2, 0.25) is 5.02 Å². The predicted octanol–water partition coefficient (Wildman–Crippen LogP) is 5.05. The largest absolute Gasteiger partial charge is 0.339 e. The van der Waals surface area contributed by atoms with Crippen LogP contribution in [-0.2, 0) is 0 Å². The van der Waals surface area contributed by atoms with Crippen molar-refractivity contribution in [2.75, 3.05) is 10.6 Å². The number of anilines is 3. The molecule has 3 rings (SSSR count). The number of nitrogens with zero attached hydrogens (tertiary/aromatic N) is 2. The number of rotatable bonds is 4. The van der Waals surface area contributed by atoms with E-state index in [0.29, 0.717) is 10.8 Å². The number of halogens is 1. The summed E-state index contributed by atoms with van der Waals surface area (Å²) in [5.41, 5.74) is 5.05. The first-order valence-electron chi connectivity index (χ1n) is 8.16. The molecule has 1 aromatic heterocycles. The molecule has 5 nitrogen and oxygen atoms in total. The van der Waals surface area contributed by atoms with Gasteiger partial charge >= 0.3 is 0 Å². The summed E-state index contributed by atoms with van der Waals surface area (Å²) in [5, 5.41) is 6.71. The lowest BCUT2D eigenvalue weighted by Gasteiger charge is -2.10. The van der Waals surface area contributed by atoms with Gasteiger partial charge in [0.25, 0.3) is 5.91 Å². The molecule has 0 radical (unpaired) electrons. The SMILES string of the molecule is Cc1ccc(NC(=O)c2cnc(Nc3ccc(Cl)cc3C)cn2)c(C)c1. The summed E-state index contributed by atoms with van der Waals surface area (Å²) in [6, 6.07) is 11.4. The fourth-order valence-electron chi connectivity index (χ4n) is 2.56. The molecule has 1 amide bonds. The molecule has 3 aromatic rings. The Kier molecular flexibility index (Phi) is 5.19. The van der Waals surface area contributed by atoms with E-state index in [2.05, 4.69) is 20.6 Å². The van der Waals surface area contributed by atoms with Gasteiger partial charge in [0.15, 0.2) is 0 Å². The number of amides is 1. The van der Waals surface area contributed by atoms with Crippen LogP contribution in [0, 0.1) is 20.8 Å². The first-order chi connectivity index (χ1) is 12.4. The fourth-order valence-corrected chi connectivity index (χ4v) is 2.78. The van der Waals surface area contributed by atoms with Crippen LogP contribution in [0.5, 0.6) is 0 Å². The van der Waals surface area contributed by atoms with Gasteiger partial charge in [-0.2, -0.15) is 0 Å². The highest BCUT2D eigenvalue weighted by molar-refractivity contribution is 6.30. The van der Waals surface area contributed by atoms with E-state index in [1.807, 2.05) is 51.1 Å². The van der Waals surface area contributed by atoms with Crippen molar-refractivity contribution in [1.29, 1.82) is 0 Å². The third kappa shape index (κ3) is 4.18. The molecule has 0 unspecified atom stereocenters. The first-order valence-corrected chi connectivity index (χ1v) is 8.54. The third-order valence-electron chi connectivity index (χ3n) is 3.97. The molecule has 132 valence electrons. The lowest BCUT2D eigenvalue weighted by atomic mass is 10.1. The van der Waals surface area contributed by atoms with E-state index in [9.17, 15) is 4.79 Å². The lowest BCUT2D eigenvalue weighted by molar-refractivity contribution is 0.102. The number of hydrogen-bond acceptors (Lipinski definition) is 4. The lowest BCUT2D eigenvalue weighted by Crippen LogP contribution is -2.15. The highest BCUT2D eigenvalue weighted by Gasteiger charge is 2.10. The van der Waals surface area contributed by atoms with E-state index in [0.717, 1.165) is 28.1 Å². The Bertz CT molecular complexity index is 955. The van der Waals surface area contributed by atoms with Crippen LogP contribution in [0.15, 0.2) is 48.8 Å². The molecule has 0 spiro atoms. The molecule has 2 aromatic carbocycles. The van der Waals surface area contributed by atoms with Crippen LogP contribution in [-0.4, -0.2) is 15.9 Å². The van der Waals surface area contributed by atoms with Gasteiger partial charge in [0.05, 0.1) is 12.4 Å². The zero-order valence-corrected chi connectivity index (χ0v) is 15.6. The molecule has 0 bridgehead atoms. The third-order valence-corrected chi connectivity index (χ3v) is 4.20. The average Bonchev–Trinajstić information content (AvgIpc) is 2.60. The van der Waals surface area contributed by atoms with Crippen LogP contribution < -0.4 is 10.6 Å². The van der Waals surface area contributed by atoms with Crippen molar-refractivity contribution in [3.05, 3.63) is 76.2 Å². The number of carbonyl (C=O) groups is 1. The van der Waals surface area contributed by atoms with Crippen molar-refractivity contribution in [2.24, 2.45) is 0 Å². The second kappa shape index (κ2) is 7.54. The van der Waals surface area contributed by atoms with Crippen LogP contribution in [0.4, 0.5) is 17.2 Å². The molecule has 0 aliphatic heterocycles. The molecule has 0 atom stereocenters. The van der Waals surface area contributed by atoms with Crippen LogP contribution in [0.25, 0.3) is 0 Å². The van der Waals surface area contributed by atoms with Crippen molar-refractivity contribution in [3.8, 4) is 0 Å². The number of carbonyl (C=O) groups excluding carboxylic acids is 1. The minimum Gasteiger partial charge on any atom is -0.339 e. The Hall–Kier alpha value is -2.92. The van der Waals surface area contributed by atoms with Crippen molar-refractivity contribution in [2.45, 2.75) is 20.8 Å². The predicted molar refractivity (Wildman–Crippen MR) is 105 cm³/mol. The summed E-state index contributed by atoms with van der Waals surface area (Å²) >= 11 is 5.96. The second-order valence-electron chi connectivity index (χ2n) is 6.14. The molecule has 26 heavy (non-hydrogen) atoms. The topological polar surface area (TPSA) is 66.9 Å². The standard InChI is InChI=1S/C20H19ClN4O/c1-12-4-6-17(13(2)8-12)25-20(26)18-10-23-19(11-22-18)24-16-7-5-15(21)9-14(16)3/h4-11H,1-3H3,(H,23,24)(H,25,26). The van der Waals surface area contributed by atoms with Crippen molar-refractivity contribution >= 4 is 34.7 Å². The molecule has 0 saturated heterocycles. The summed E-state index contributed by atoms with van der Waals surface area (Å²) in [6.07, 6.45) is 2.98. The minimum atomic E-state index is -0.293. The van der Waals surface area contributed by atoms with Gasteiger partial charge < -0.3 is 10.6 Å². The highest BCUT2D eigenvalue weighted by Crippen LogP contribution is 2.22. The van der Waals surface area contributed by atoms with Crippen molar-refractivity contribution in [1.82, 2.24) is 9.97 Å². The Morgan fingerprint density at radius 1 is 0.923 bits per heavy atom. The number of benzene rings is 2. The highest BCUT2D eigenvalue weighted by atomic mass is 35.5. The van der Waals surface area contributed by atoms with Gasteiger partial charge in [-0.15, -0.1) is 0 Å². The van der Waals surface area contributed by atoms with E-state index >= 15 is 0 Å². The van der Waals surface area contributed by atoms with Gasteiger partial charge in [0.2, 0.25) is 0 Å². The second-order valence-corrected chi connectivity index (χ2v) is 6.58. The monoisotopic (exact) mass is 366 g/mol. The van der Waals surface area contributed by atoms with Crippen LogP contribution in [0.1, 0.15) is 27.2 Å². The summed E-state index contributed by atoms with van der Waals surface area (Å²) in [4.78, 5) is 20.8. The Morgan fingerprint density at radius 3 is 2.31 bits per heavy atom. The summed E-state index contributed by atoms with van der Waals surface area (Å²) < 4.78 is 0. The normalized spacial score (nSPS) is 10.5. The quantitative estimate of drug-likeness (QED) is 0.678. The van der Waals surface area contributed by atoms with Crippen molar-refractivity contribution in [3.63, 3.8) is 0 Å². The van der Waals surface area contributed by atoms with Gasteiger partial charge in [-0.05, 0) is 56.2 Å². The maximum Gasteiger partial charge on any atom is 0.275 e. The van der Waals surface area contributed by atoms with Gasteiger partial charge in [0, 0.05) is 16.4 Å². The van der Waals surface area contributed by atoms with Crippen molar-refractivity contribution < 1.29 is 4.79 Å². The molecule has 0 aliphatic carbocycles. The Balaban J connectivity index is 1.71. The molecule has 0 fully saturated rings. The molecule has 0 aliphatic rings. The molecule has 0 saturated carbocycles. The molecule has 2 N–H and O–H groups in total. The Morgan fingerprint density at radius 2 is 1.65 bits per heavy atom. The molecular weight excluding hydrogens is 348 g/mol. The fraction of sp³-hybridized carbons (Fsp3) is 0.150. The summed E-state index contributed by atoms with van der Waals surface area (Å²) in [6.45, 7) is 5.92. The van der Waals surface area contributed by atoms with Gasteiger partial charge in [0.1, 0.15) is 11.5 Å². The number of hydrogen-bond donors (Lipinski definition) is 2. The van der Waals surface area contributed by atoms with Gasteiger partial charge in [-0.25, -0.2) is 9.97 Å². The van der Waals surface area contributed by atoms with E-state index in [4.69, 9.17) is 11.6 Å². The number of aryl methyl sites for hydroxylation is 3. The van der Waals surface area contributed by atoms with E-state index < -0.39 is 0 Å². The summed E-state index contributed by atoms with van der Waals surface area (Å²) in [7, 11) is 0. The van der Waals surface area contributed by atoms with E-state index in [-0.39, 0.29) is 11.6 Å². The number of nitrogens with one attached hydrogen (secondary N) is 2. The maximum absolute atomic E-state index is 12.4. The van der Waals surface area contributed by atoms with E-state index in [1.165, 1.54) is 12.4 Å². The Labute approximate surface area is 157 Å².